The van der Waals surface area contributed by atoms with Crippen molar-refractivity contribution >= 4 is 0 Å². The largest absolute Gasteiger partial charge is 0.339 e. The Morgan fingerprint density at radius 2 is 1.84 bits per heavy atom. The van der Waals surface area contributed by atoms with Crippen molar-refractivity contribution in [1.29, 1.82) is 0 Å². The molecule has 0 aliphatic rings. The van der Waals surface area contributed by atoms with Gasteiger partial charge in [0.15, 0.2) is 0 Å². The highest BCUT2D eigenvalue weighted by molar-refractivity contribution is 5.54. The van der Waals surface area contributed by atoms with E-state index in [2.05, 4.69) is 50.0 Å². The molecular formula is C16H22N2O. The average molecular weight is 258 g/mol. The number of aromatic nitrogens is 2. The predicted octanol–water partition coefficient (Wildman–Crippen LogP) is 4.58. The van der Waals surface area contributed by atoms with Gasteiger partial charge in [-0.05, 0) is 25.7 Å². The van der Waals surface area contributed by atoms with Crippen LogP contribution in [0.25, 0.3) is 11.4 Å². The number of nitrogens with zero attached hydrogens (tertiary/aromatic N) is 2. The van der Waals surface area contributed by atoms with Gasteiger partial charge >= 0.3 is 0 Å². The van der Waals surface area contributed by atoms with Crippen molar-refractivity contribution in [2.75, 3.05) is 0 Å². The molecule has 1 heterocycles. The maximum absolute atomic E-state index is 5.44. The second kappa shape index (κ2) is 6.00. The summed E-state index contributed by atoms with van der Waals surface area (Å²) in [5.41, 5.74) is 2.25. The van der Waals surface area contributed by atoms with Crippen molar-refractivity contribution in [2.24, 2.45) is 5.92 Å². The first kappa shape index (κ1) is 13.8. The van der Waals surface area contributed by atoms with Crippen LogP contribution in [0.1, 0.15) is 51.0 Å². The lowest BCUT2D eigenvalue weighted by Gasteiger charge is -2.11. The van der Waals surface area contributed by atoms with Crippen molar-refractivity contribution in [3.05, 3.63) is 35.7 Å². The first-order chi connectivity index (χ1) is 9.10. The van der Waals surface area contributed by atoms with Crippen molar-refractivity contribution in [2.45, 2.75) is 46.5 Å². The van der Waals surface area contributed by atoms with Gasteiger partial charge in [-0.15, -0.1) is 0 Å². The molecule has 0 fully saturated rings. The minimum atomic E-state index is 0.367. The van der Waals surface area contributed by atoms with Gasteiger partial charge in [-0.1, -0.05) is 55.8 Å². The molecule has 0 N–H and O–H groups in total. The predicted molar refractivity (Wildman–Crippen MR) is 77.0 cm³/mol. The molecule has 2 aromatic rings. The van der Waals surface area contributed by atoms with Gasteiger partial charge in [0, 0.05) is 11.5 Å². The van der Waals surface area contributed by atoms with Crippen molar-refractivity contribution < 1.29 is 4.52 Å². The third kappa shape index (κ3) is 3.43. The summed E-state index contributed by atoms with van der Waals surface area (Å²) in [7, 11) is 0. The van der Waals surface area contributed by atoms with Crippen LogP contribution in [0.15, 0.2) is 28.8 Å². The minimum Gasteiger partial charge on any atom is -0.339 e. The fourth-order valence-corrected chi connectivity index (χ4v) is 2.23. The van der Waals surface area contributed by atoms with Gasteiger partial charge in [0.25, 0.3) is 0 Å². The Balaban J connectivity index is 2.20. The van der Waals surface area contributed by atoms with Gasteiger partial charge in [-0.25, -0.2) is 0 Å². The lowest BCUT2D eigenvalue weighted by molar-refractivity contribution is 0.328. The summed E-state index contributed by atoms with van der Waals surface area (Å²) in [5.74, 6) is 2.47. The Morgan fingerprint density at radius 1 is 1.16 bits per heavy atom. The molecule has 3 nitrogen and oxygen atoms in total. The van der Waals surface area contributed by atoms with E-state index in [1.165, 1.54) is 5.56 Å². The van der Waals surface area contributed by atoms with Crippen molar-refractivity contribution in [3.63, 3.8) is 0 Å². The van der Waals surface area contributed by atoms with Gasteiger partial charge in [-0.2, -0.15) is 4.98 Å². The topological polar surface area (TPSA) is 38.9 Å². The zero-order chi connectivity index (χ0) is 13.8. The van der Waals surface area contributed by atoms with Gasteiger partial charge in [0.2, 0.25) is 11.7 Å². The standard InChI is InChI=1S/C16H22N2O/c1-5-13(10-11(2)3)16-17-15(18-19-16)14-8-6-12(4)7-9-14/h6-9,11,13H,5,10H2,1-4H3. The van der Waals surface area contributed by atoms with Crippen molar-refractivity contribution in [1.82, 2.24) is 10.1 Å². The van der Waals surface area contributed by atoms with E-state index in [1.807, 2.05) is 12.1 Å². The molecule has 19 heavy (non-hydrogen) atoms. The van der Waals surface area contributed by atoms with E-state index in [0.29, 0.717) is 17.7 Å². The first-order valence-corrected chi connectivity index (χ1v) is 7.00. The highest BCUT2D eigenvalue weighted by atomic mass is 16.5. The van der Waals surface area contributed by atoms with Crippen LogP contribution in [-0.4, -0.2) is 10.1 Å². The SMILES string of the molecule is CCC(CC(C)C)c1nc(-c2ccc(C)cc2)no1. The normalized spacial score (nSPS) is 12.9. The molecule has 1 aromatic carbocycles. The number of hydrogen-bond donors (Lipinski definition) is 0. The quantitative estimate of drug-likeness (QED) is 0.787. The van der Waals surface area contributed by atoms with Crippen LogP contribution >= 0.6 is 0 Å². The molecule has 0 saturated carbocycles. The van der Waals surface area contributed by atoms with E-state index in [0.717, 1.165) is 24.3 Å². The maximum Gasteiger partial charge on any atom is 0.230 e. The second-order valence-corrected chi connectivity index (χ2v) is 5.56. The highest BCUT2D eigenvalue weighted by Crippen LogP contribution is 2.27. The Kier molecular flexibility index (Phi) is 4.35. The molecule has 1 unspecified atom stereocenters. The highest BCUT2D eigenvalue weighted by Gasteiger charge is 2.19. The minimum absolute atomic E-state index is 0.367. The van der Waals surface area contributed by atoms with Crippen LogP contribution in [0.3, 0.4) is 0 Å². The zero-order valence-corrected chi connectivity index (χ0v) is 12.2. The molecule has 0 amide bonds. The Hall–Kier alpha value is -1.64. The van der Waals surface area contributed by atoms with E-state index in [4.69, 9.17) is 4.52 Å². The molecule has 1 atom stereocenters. The molecule has 0 bridgehead atoms. The van der Waals surface area contributed by atoms with E-state index < -0.39 is 0 Å². The van der Waals surface area contributed by atoms with Crippen LogP contribution < -0.4 is 0 Å². The summed E-state index contributed by atoms with van der Waals surface area (Å²) in [6.07, 6.45) is 2.12. The number of hydrogen-bond acceptors (Lipinski definition) is 3. The van der Waals surface area contributed by atoms with Crippen LogP contribution in [0, 0.1) is 12.8 Å². The van der Waals surface area contributed by atoms with Crippen LogP contribution in [0.2, 0.25) is 0 Å². The zero-order valence-electron chi connectivity index (χ0n) is 12.2. The monoisotopic (exact) mass is 258 g/mol. The van der Waals surface area contributed by atoms with Crippen LogP contribution in [-0.2, 0) is 0 Å². The smallest absolute Gasteiger partial charge is 0.230 e. The summed E-state index contributed by atoms with van der Waals surface area (Å²) in [4.78, 5) is 4.56. The fourth-order valence-electron chi connectivity index (χ4n) is 2.23. The number of rotatable bonds is 5. The third-order valence-corrected chi connectivity index (χ3v) is 3.35. The van der Waals surface area contributed by atoms with Gasteiger partial charge in [0.05, 0.1) is 0 Å². The fraction of sp³-hybridized carbons (Fsp3) is 0.500. The summed E-state index contributed by atoms with van der Waals surface area (Å²) in [6.45, 7) is 8.68. The van der Waals surface area contributed by atoms with Crippen LogP contribution in [0.4, 0.5) is 0 Å². The Bertz CT molecular complexity index is 514. The summed E-state index contributed by atoms with van der Waals surface area (Å²) in [6, 6.07) is 8.20. The molecule has 0 aliphatic carbocycles. The molecule has 1 aromatic heterocycles. The molecule has 0 aliphatic heterocycles. The second-order valence-electron chi connectivity index (χ2n) is 5.56. The van der Waals surface area contributed by atoms with Gasteiger partial charge in [0.1, 0.15) is 0 Å². The Morgan fingerprint density at radius 3 is 2.42 bits per heavy atom. The van der Waals surface area contributed by atoms with E-state index >= 15 is 0 Å². The van der Waals surface area contributed by atoms with E-state index in [1.54, 1.807) is 0 Å². The van der Waals surface area contributed by atoms with E-state index in [-0.39, 0.29) is 0 Å². The van der Waals surface area contributed by atoms with Crippen LogP contribution in [0.5, 0.6) is 0 Å². The summed E-state index contributed by atoms with van der Waals surface area (Å²) < 4.78 is 5.44. The number of aryl methyl sites for hydroxylation is 1. The molecular weight excluding hydrogens is 236 g/mol. The summed E-state index contributed by atoms with van der Waals surface area (Å²) in [5, 5.41) is 4.11. The van der Waals surface area contributed by atoms with Crippen molar-refractivity contribution in [3.8, 4) is 11.4 Å². The maximum atomic E-state index is 5.44. The molecule has 3 heteroatoms. The third-order valence-electron chi connectivity index (χ3n) is 3.35. The van der Waals surface area contributed by atoms with Gasteiger partial charge < -0.3 is 4.52 Å². The van der Waals surface area contributed by atoms with E-state index in [9.17, 15) is 0 Å². The number of benzene rings is 1. The molecule has 2 rings (SSSR count). The molecule has 0 radical (unpaired) electrons. The van der Waals surface area contributed by atoms with Gasteiger partial charge in [-0.3, -0.25) is 0 Å². The molecule has 102 valence electrons. The Labute approximate surface area is 115 Å². The lowest BCUT2D eigenvalue weighted by Crippen LogP contribution is -2.02. The summed E-state index contributed by atoms with van der Waals surface area (Å²) >= 11 is 0. The molecule has 0 spiro atoms. The first-order valence-electron chi connectivity index (χ1n) is 7.00. The lowest BCUT2D eigenvalue weighted by atomic mass is 9.95. The average Bonchev–Trinajstić information content (AvgIpc) is 2.86. The molecule has 0 saturated heterocycles.